The van der Waals surface area contributed by atoms with E-state index in [2.05, 4.69) is 74.3 Å². The molecule has 2 unspecified atom stereocenters. The fraction of sp³-hybridized carbons (Fsp3) is 0.310. The van der Waals surface area contributed by atoms with Gasteiger partial charge in [0.05, 0.1) is 0 Å². The zero-order valence-electron chi connectivity index (χ0n) is 21.4. The number of hydrogen-bond acceptors (Lipinski definition) is 5. The third kappa shape index (κ3) is 5.27. The number of carbonyl (C=O) groups excluding carboxylic acids is 1. The van der Waals surface area contributed by atoms with Gasteiger partial charge in [0.25, 0.3) is 5.91 Å². The van der Waals surface area contributed by atoms with Crippen molar-refractivity contribution in [3.8, 4) is 0 Å². The molecule has 186 valence electrons. The number of nitrogens with zero attached hydrogens (tertiary/aromatic N) is 4. The maximum Gasteiger partial charge on any atom is 0.256 e. The Morgan fingerprint density at radius 1 is 1.03 bits per heavy atom. The zero-order valence-corrected chi connectivity index (χ0v) is 21.4. The molecule has 2 aromatic heterocycles. The molecule has 2 N–H and O–H groups in total. The number of aryl methyl sites for hydroxylation is 1. The first-order valence-electron chi connectivity index (χ1n) is 12.5. The van der Waals surface area contributed by atoms with E-state index < -0.39 is 0 Å². The minimum absolute atomic E-state index is 0.163. The summed E-state index contributed by atoms with van der Waals surface area (Å²) >= 11 is 0. The number of amides is 1. The highest BCUT2D eigenvalue weighted by Crippen LogP contribution is 2.28. The number of carbonyl (C=O) groups is 1. The van der Waals surface area contributed by atoms with Gasteiger partial charge in [-0.25, -0.2) is 4.98 Å². The van der Waals surface area contributed by atoms with Crippen molar-refractivity contribution in [2.24, 2.45) is 7.05 Å². The van der Waals surface area contributed by atoms with E-state index in [-0.39, 0.29) is 5.91 Å². The molecular weight excluding hydrogens is 448 g/mol. The van der Waals surface area contributed by atoms with Crippen LogP contribution in [0.2, 0.25) is 0 Å². The van der Waals surface area contributed by atoms with Gasteiger partial charge in [0.15, 0.2) is 0 Å². The molecule has 3 heterocycles. The first-order valence-corrected chi connectivity index (χ1v) is 12.5. The van der Waals surface area contributed by atoms with Crippen molar-refractivity contribution in [2.45, 2.75) is 32.5 Å². The van der Waals surface area contributed by atoms with Gasteiger partial charge in [0, 0.05) is 92.1 Å². The smallest absolute Gasteiger partial charge is 0.256 e. The predicted molar refractivity (Wildman–Crippen MR) is 147 cm³/mol. The second-order valence-electron chi connectivity index (χ2n) is 9.94. The highest BCUT2D eigenvalue weighted by atomic mass is 16.1. The van der Waals surface area contributed by atoms with E-state index in [4.69, 9.17) is 0 Å². The number of anilines is 3. The van der Waals surface area contributed by atoms with E-state index in [0.29, 0.717) is 23.5 Å². The van der Waals surface area contributed by atoms with Crippen LogP contribution in [0, 0.1) is 0 Å². The highest BCUT2D eigenvalue weighted by Gasteiger charge is 2.20. The van der Waals surface area contributed by atoms with E-state index in [1.54, 1.807) is 6.20 Å². The SMILES string of the molecule is CC1CN(Cc2ccc(C(=O)Nc3cc(N(C)c4ccc5c(ccn5C)c4)ccn3)cc2)CC(C)N1. The van der Waals surface area contributed by atoms with Gasteiger partial charge < -0.3 is 20.1 Å². The van der Waals surface area contributed by atoms with E-state index >= 15 is 0 Å². The number of nitrogens with one attached hydrogen (secondary N) is 2. The summed E-state index contributed by atoms with van der Waals surface area (Å²) in [5.41, 5.74) is 5.05. The van der Waals surface area contributed by atoms with Gasteiger partial charge in [0.2, 0.25) is 0 Å². The lowest BCUT2D eigenvalue weighted by atomic mass is 10.1. The fourth-order valence-corrected chi connectivity index (χ4v) is 5.10. The first kappa shape index (κ1) is 24.0. The molecule has 0 saturated carbocycles. The van der Waals surface area contributed by atoms with Gasteiger partial charge in [-0.2, -0.15) is 0 Å². The third-order valence-electron chi connectivity index (χ3n) is 6.88. The van der Waals surface area contributed by atoms with Crippen LogP contribution in [0.3, 0.4) is 0 Å². The van der Waals surface area contributed by atoms with Gasteiger partial charge in [-0.1, -0.05) is 12.1 Å². The van der Waals surface area contributed by atoms with Crippen molar-refractivity contribution in [1.82, 2.24) is 19.8 Å². The minimum Gasteiger partial charge on any atom is -0.351 e. The quantitative estimate of drug-likeness (QED) is 0.414. The lowest BCUT2D eigenvalue weighted by Gasteiger charge is -2.36. The molecule has 7 heteroatoms. The summed E-state index contributed by atoms with van der Waals surface area (Å²) in [5, 5.41) is 7.71. The number of rotatable bonds is 6. The van der Waals surface area contributed by atoms with E-state index in [0.717, 1.165) is 31.0 Å². The predicted octanol–water partition coefficient (Wildman–Crippen LogP) is 4.78. The van der Waals surface area contributed by atoms with Crippen molar-refractivity contribution in [2.75, 3.05) is 30.4 Å². The summed E-state index contributed by atoms with van der Waals surface area (Å²) in [6.45, 7) is 7.39. The molecule has 0 spiro atoms. The Morgan fingerprint density at radius 2 is 1.75 bits per heavy atom. The molecule has 7 nitrogen and oxygen atoms in total. The summed E-state index contributed by atoms with van der Waals surface area (Å²) < 4.78 is 2.11. The largest absolute Gasteiger partial charge is 0.351 e. The summed E-state index contributed by atoms with van der Waals surface area (Å²) in [4.78, 5) is 21.8. The standard InChI is InChI=1S/C29H34N6O/c1-20-17-35(18-21(2)31-20)19-22-5-7-23(8-6-22)29(36)32-28-16-26(11-13-30-28)34(4)25-9-10-27-24(15-25)12-14-33(27)3/h5-16,20-21,31H,17-19H2,1-4H3,(H,30,32,36). The second kappa shape index (κ2) is 10.1. The third-order valence-corrected chi connectivity index (χ3v) is 6.88. The number of fused-ring (bicyclic) bond motifs is 1. The Morgan fingerprint density at radius 3 is 2.50 bits per heavy atom. The van der Waals surface area contributed by atoms with Gasteiger partial charge in [-0.3, -0.25) is 9.69 Å². The molecule has 2 aromatic carbocycles. The molecule has 2 atom stereocenters. The minimum atomic E-state index is -0.163. The molecule has 0 aliphatic carbocycles. The molecule has 1 aliphatic rings. The molecule has 1 aliphatic heterocycles. The Kier molecular flexibility index (Phi) is 6.76. The van der Waals surface area contributed by atoms with E-state index in [1.165, 1.54) is 16.5 Å². The van der Waals surface area contributed by atoms with Gasteiger partial charge >= 0.3 is 0 Å². The molecule has 5 rings (SSSR count). The number of piperazine rings is 1. The second-order valence-corrected chi connectivity index (χ2v) is 9.94. The van der Waals surface area contributed by atoms with Crippen molar-refractivity contribution in [3.05, 3.63) is 84.2 Å². The van der Waals surface area contributed by atoms with E-state index in [1.807, 2.05) is 50.5 Å². The average molecular weight is 483 g/mol. The molecular formula is C29H34N6O. The van der Waals surface area contributed by atoms with Crippen molar-refractivity contribution >= 4 is 34.0 Å². The van der Waals surface area contributed by atoms with Gasteiger partial charge in [0.1, 0.15) is 5.82 Å². The van der Waals surface area contributed by atoms with Crippen LogP contribution < -0.4 is 15.5 Å². The van der Waals surface area contributed by atoms with Crippen LogP contribution in [0.25, 0.3) is 10.9 Å². The van der Waals surface area contributed by atoms with Crippen LogP contribution in [-0.4, -0.2) is 52.6 Å². The zero-order chi connectivity index (χ0) is 25.2. The highest BCUT2D eigenvalue weighted by molar-refractivity contribution is 6.04. The number of pyridine rings is 1. The van der Waals surface area contributed by atoms with E-state index in [9.17, 15) is 4.79 Å². The van der Waals surface area contributed by atoms with Crippen LogP contribution in [-0.2, 0) is 13.6 Å². The van der Waals surface area contributed by atoms with Crippen molar-refractivity contribution < 1.29 is 4.79 Å². The molecule has 36 heavy (non-hydrogen) atoms. The summed E-state index contributed by atoms with van der Waals surface area (Å²) in [6, 6.07) is 21.2. The number of aromatic nitrogens is 2. The number of benzene rings is 2. The molecule has 0 bridgehead atoms. The van der Waals surface area contributed by atoms with Crippen LogP contribution in [0.1, 0.15) is 29.8 Å². The van der Waals surface area contributed by atoms with Crippen molar-refractivity contribution in [3.63, 3.8) is 0 Å². The topological polar surface area (TPSA) is 65.4 Å². The Bertz CT molecular complexity index is 1350. The maximum absolute atomic E-state index is 12.9. The molecule has 1 saturated heterocycles. The van der Waals surface area contributed by atoms with Crippen LogP contribution in [0.5, 0.6) is 0 Å². The fourth-order valence-electron chi connectivity index (χ4n) is 5.10. The molecule has 4 aromatic rings. The first-order chi connectivity index (χ1) is 17.4. The Hall–Kier alpha value is -3.68. The van der Waals surface area contributed by atoms with Crippen LogP contribution >= 0.6 is 0 Å². The van der Waals surface area contributed by atoms with Crippen LogP contribution in [0.4, 0.5) is 17.2 Å². The normalized spacial score (nSPS) is 18.3. The summed E-state index contributed by atoms with van der Waals surface area (Å²) in [7, 11) is 4.06. The Balaban J connectivity index is 1.24. The molecule has 1 amide bonds. The lowest BCUT2D eigenvalue weighted by Crippen LogP contribution is -2.53. The molecule has 0 radical (unpaired) electrons. The van der Waals surface area contributed by atoms with Crippen LogP contribution in [0.15, 0.2) is 73.1 Å². The molecule has 1 fully saturated rings. The van der Waals surface area contributed by atoms with Gasteiger partial charge in [-0.05, 0) is 61.9 Å². The average Bonchev–Trinajstić information content (AvgIpc) is 3.23. The summed E-state index contributed by atoms with van der Waals surface area (Å²) in [5.74, 6) is 0.363. The maximum atomic E-state index is 12.9. The lowest BCUT2D eigenvalue weighted by molar-refractivity contribution is 0.102. The number of hydrogen-bond donors (Lipinski definition) is 2. The Labute approximate surface area is 212 Å². The van der Waals surface area contributed by atoms with Gasteiger partial charge in [-0.15, -0.1) is 0 Å². The summed E-state index contributed by atoms with van der Waals surface area (Å²) in [6.07, 6.45) is 3.79. The monoisotopic (exact) mass is 482 g/mol. The van der Waals surface area contributed by atoms with Crippen molar-refractivity contribution in [1.29, 1.82) is 0 Å².